The topological polar surface area (TPSA) is 74.7 Å². The second-order valence-electron chi connectivity index (χ2n) is 7.53. The van der Waals surface area contributed by atoms with E-state index in [9.17, 15) is 31.9 Å². The van der Waals surface area contributed by atoms with Gasteiger partial charge in [0.25, 0.3) is 0 Å². The Kier molecular flexibility index (Phi) is 7.93. The average molecular weight is 503 g/mol. The van der Waals surface area contributed by atoms with Gasteiger partial charge in [0, 0.05) is 24.3 Å². The van der Waals surface area contributed by atoms with Gasteiger partial charge in [-0.25, -0.2) is 8.78 Å². The first kappa shape index (κ1) is 25.6. The van der Waals surface area contributed by atoms with Crippen LogP contribution in [0, 0.1) is 17.6 Å². The third kappa shape index (κ3) is 5.56. The van der Waals surface area contributed by atoms with Gasteiger partial charge in [-0.15, -0.1) is 0 Å². The molecule has 0 amide bonds. The van der Waals surface area contributed by atoms with Gasteiger partial charge in [-0.3, -0.25) is 9.79 Å². The van der Waals surface area contributed by atoms with Crippen molar-refractivity contribution < 1.29 is 31.8 Å². The van der Waals surface area contributed by atoms with Crippen LogP contribution in [0.1, 0.15) is 24.3 Å². The summed E-state index contributed by atoms with van der Waals surface area (Å²) in [7, 11) is 1.22. The van der Waals surface area contributed by atoms with E-state index < -0.39 is 48.2 Å². The van der Waals surface area contributed by atoms with E-state index in [1.54, 1.807) is 0 Å². The minimum atomic E-state index is -4.71. The molecule has 1 heterocycles. The van der Waals surface area contributed by atoms with Crippen molar-refractivity contribution in [2.75, 3.05) is 13.7 Å². The Balaban J connectivity index is 2.01. The molecule has 0 fully saturated rings. The Morgan fingerprint density at radius 2 is 1.85 bits per heavy atom. The number of nitrogens with zero attached hydrogens (tertiary/aromatic N) is 1. The lowest BCUT2D eigenvalue weighted by molar-refractivity contribution is -0.156. The highest BCUT2D eigenvalue weighted by atomic mass is 35.5. The molecule has 182 valence electrons. The number of fused-ring (bicyclic) bond motifs is 1. The van der Waals surface area contributed by atoms with Crippen molar-refractivity contribution in [1.29, 1.82) is 0 Å². The Morgan fingerprint density at radius 1 is 1.15 bits per heavy atom. The van der Waals surface area contributed by atoms with Crippen molar-refractivity contribution in [3.63, 3.8) is 0 Å². The molecule has 0 bridgehead atoms. The Morgan fingerprint density at radius 3 is 2.50 bits per heavy atom. The first-order chi connectivity index (χ1) is 16.1. The van der Waals surface area contributed by atoms with Crippen LogP contribution >= 0.6 is 11.6 Å². The van der Waals surface area contributed by atoms with Gasteiger partial charge < -0.3 is 14.8 Å². The summed E-state index contributed by atoms with van der Waals surface area (Å²) in [5, 5.41) is 9.21. The monoisotopic (exact) mass is 502 g/mol. The Labute approximate surface area is 195 Å². The number of halogens is 6. The number of methoxy groups -OCH3 is 1. The van der Waals surface area contributed by atoms with Gasteiger partial charge in [-0.2, -0.15) is 13.2 Å². The van der Waals surface area contributed by atoms with Crippen LogP contribution in [0.5, 0.6) is 5.75 Å². The van der Waals surface area contributed by atoms with Gasteiger partial charge in [0.2, 0.25) is 5.56 Å². The van der Waals surface area contributed by atoms with Crippen LogP contribution < -0.4 is 10.3 Å². The number of aliphatic hydroxyl groups is 1. The summed E-state index contributed by atoms with van der Waals surface area (Å²) in [4.78, 5) is 17.7. The van der Waals surface area contributed by atoms with Crippen LogP contribution in [0.25, 0.3) is 10.9 Å². The molecule has 3 aromatic rings. The molecule has 1 aromatic heterocycles. The predicted octanol–water partition coefficient (Wildman–Crippen LogP) is 5.91. The largest absolute Gasteiger partial charge is 0.495 e. The number of aromatic nitrogens is 1. The second kappa shape index (κ2) is 10.5. The molecular formula is C23H20ClF5N2O3. The molecule has 0 saturated heterocycles. The lowest BCUT2D eigenvalue weighted by Crippen LogP contribution is -2.26. The molecular weight excluding hydrogens is 483 g/mol. The minimum absolute atomic E-state index is 0.0306. The smallest absolute Gasteiger partial charge is 0.396 e. The third-order valence-corrected chi connectivity index (χ3v) is 5.73. The lowest BCUT2D eigenvalue weighted by Gasteiger charge is -2.25. The standard InChI is InChI=1S/C23H20ClF5N2O3/c1-34-22-14(2-4-16(25)20(22)24)12(8-9-32)10-13(23(27,28)29)11-30-18-6-5-17(26)21-15(18)3-7-19(33)31-21/h2-7,11-13,32H,8-10H2,1H3,(H,31,33)/t12-,13+/m0/s1. The van der Waals surface area contributed by atoms with E-state index in [4.69, 9.17) is 16.3 Å². The first-order valence-corrected chi connectivity index (χ1v) is 10.5. The van der Waals surface area contributed by atoms with Gasteiger partial charge >= 0.3 is 6.18 Å². The Hall–Kier alpha value is -2.98. The molecule has 2 aromatic carbocycles. The molecule has 0 aliphatic heterocycles. The SMILES string of the molecule is COc1c([C@@H](CCO)C[C@H](C=Nc2ccc(F)c3[nH]c(=O)ccc23)C(F)(F)F)ccc(F)c1Cl. The highest BCUT2D eigenvalue weighted by Crippen LogP contribution is 2.42. The fourth-order valence-corrected chi connectivity index (χ4v) is 3.95. The molecule has 0 saturated carbocycles. The zero-order chi connectivity index (χ0) is 25.0. The van der Waals surface area contributed by atoms with E-state index in [-0.39, 0.29) is 39.3 Å². The number of aliphatic imine (C=N–C) groups is 1. The summed E-state index contributed by atoms with van der Waals surface area (Å²) in [6.45, 7) is -0.430. The van der Waals surface area contributed by atoms with E-state index in [0.29, 0.717) is 6.21 Å². The second-order valence-corrected chi connectivity index (χ2v) is 7.91. The van der Waals surface area contributed by atoms with Gasteiger partial charge in [0.1, 0.15) is 22.4 Å². The predicted molar refractivity (Wildman–Crippen MR) is 119 cm³/mol. The molecule has 0 radical (unpaired) electrons. The number of rotatable bonds is 8. The van der Waals surface area contributed by atoms with Crippen molar-refractivity contribution in [2.45, 2.75) is 24.9 Å². The highest BCUT2D eigenvalue weighted by Gasteiger charge is 2.40. The number of benzene rings is 2. The molecule has 0 aliphatic rings. The zero-order valence-corrected chi connectivity index (χ0v) is 18.6. The number of aromatic amines is 1. The number of hydrogen-bond donors (Lipinski definition) is 2. The molecule has 0 unspecified atom stereocenters. The van der Waals surface area contributed by atoms with Crippen LogP contribution in [0.15, 0.2) is 46.2 Å². The van der Waals surface area contributed by atoms with Crippen LogP contribution in [0.3, 0.4) is 0 Å². The number of nitrogens with one attached hydrogen (secondary N) is 1. The molecule has 34 heavy (non-hydrogen) atoms. The van der Waals surface area contributed by atoms with Crippen LogP contribution in [-0.4, -0.2) is 36.2 Å². The molecule has 5 nitrogen and oxygen atoms in total. The fourth-order valence-electron chi connectivity index (χ4n) is 3.70. The van der Waals surface area contributed by atoms with E-state index >= 15 is 0 Å². The number of hydrogen-bond acceptors (Lipinski definition) is 4. The first-order valence-electron chi connectivity index (χ1n) is 10.1. The van der Waals surface area contributed by atoms with E-state index in [1.807, 2.05) is 0 Å². The van der Waals surface area contributed by atoms with Gasteiger partial charge in [0.05, 0.1) is 24.2 Å². The molecule has 3 rings (SSSR count). The minimum Gasteiger partial charge on any atom is -0.495 e. The number of aliphatic hydroxyl groups excluding tert-OH is 1. The molecule has 2 atom stereocenters. The van der Waals surface area contributed by atoms with Gasteiger partial charge in [-0.1, -0.05) is 17.7 Å². The molecule has 2 N–H and O–H groups in total. The lowest BCUT2D eigenvalue weighted by atomic mass is 9.86. The van der Waals surface area contributed by atoms with Crippen molar-refractivity contribution in [3.8, 4) is 5.75 Å². The summed E-state index contributed by atoms with van der Waals surface area (Å²) in [6.07, 6.45) is -4.63. The van der Waals surface area contributed by atoms with E-state index in [0.717, 1.165) is 18.2 Å². The van der Waals surface area contributed by atoms with Crippen molar-refractivity contribution in [1.82, 2.24) is 4.98 Å². The van der Waals surface area contributed by atoms with Crippen molar-refractivity contribution in [3.05, 3.63) is 69.0 Å². The van der Waals surface area contributed by atoms with Crippen LogP contribution in [-0.2, 0) is 0 Å². The molecule has 0 aliphatic carbocycles. The summed E-state index contributed by atoms with van der Waals surface area (Å²) in [5.74, 6) is -4.60. The maximum absolute atomic E-state index is 14.0. The van der Waals surface area contributed by atoms with Gasteiger partial charge in [0.15, 0.2) is 0 Å². The van der Waals surface area contributed by atoms with Crippen LogP contribution in [0.4, 0.5) is 27.6 Å². The number of H-pyrrole nitrogens is 1. The number of ether oxygens (including phenoxy) is 1. The zero-order valence-electron chi connectivity index (χ0n) is 17.8. The third-order valence-electron chi connectivity index (χ3n) is 5.38. The number of alkyl halides is 3. The highest BCUT2D eigenvalue weighted by molar-refractivity contribution is 6.32. The van der Waals surface area contributed by atoms with Crippen molar-refractivity contribution in [2.24, 2.45) is 10.9 Å². The quantitative estimate of drug-likeness (QED) is 0.297. The normalized spacial score (nSPS) is 14.0. The Bertz CT molecular complexity index is 1260. The molecule has 0 spiro atoms. The number of pyridine rings is 1. The molecule has 11 heteroatoms. The average Bonchev–Trinajstić information content (AvgIpc) is 2.78. The summed E-state index contributed by atoms with van der Waals surface area (Å²) >= 11 is 5.92. The summed E-state index contributed by atoms with van der Waals surface area (Å²) in [6, 6.07) is 6.87. The van der Waals surface area contributed by atoms with E-state index in [2.05, 4.69) is 9.98 Å². The van der Waals surface area contributed by atoms with Crippen LogP contribution in [0.2, 0.25) is 5.02 Å². The fraction of sp³-hybridized carbons (Fsp3) is 0.304. The summed E-state index contributed by atoms with van der Waals surface area (Å²) < 4.78 is 74.7. The van der Waals surface area contributed by atoms with Crippen molar-refractivity contribution >= 4 is 34.4 Å². The maximum Gasteiger partial charge on any atom is 0.396 e. The maximum atomic E-state index is 14.0. The van der Waals surface area contributed by atoms with E-state index in [1.165, 1.54) is 25.3 Å². The summed E-state index contributed by atoms with van der Waals surface area (Å²) in [5.41, 5.74) is -0.493. The van der Waals surface area contributed by atoms with Gasteiger partial charge in [-0.05, 0) is 48.6 Å².